The molecule has 1 rings (SSSR count). The van der Waals surface area contributed by atoms with E-state index in [0.717, 1.165) is 19.3 Å². The lowest BCUT2D eigenvalue weighted by Crippen LogP contribution is -2.45. The average molecular weight is 255 g/mol. The predicted molar refractivity (Wildman–Crippen MR) is 70.2 cm³/mol. The summed E-state index contributed by atoms with van der Waals surface area (Å²) in [6.07, 6.45) is 4.93. The number of hydrogen-bond donors (Lipinski definition) is 2. The second-order valence-electron chi connectivity index (χ2n) is 6.00. The molecular formula is C14H25NO3. The molecule has 1 saturated carbocycles. The van der Waals surface area contributed by atoms with E-state index in [4.69, 9.17) is 5.11 Å². The van der Waals surface area contributed by atoms with Crippen LogP contribution in [0.4, 0.5) is 0 Å². The smallest absolute Gasteiger partial charge is 0.305 e. The van der Waals surface area contributed by atoms with Gasteiger partial charge in [-0.2, -0.15) is 0 Å². The van der Waals surface area contributed by atoms with E-state index in [9.17, 15) is 9.59 Å². The van der Waals surface area contributed by atoms with Gasteiger partial charge in [0.1, 0.15) is 0 Å². The first-order valence-corrected chi connectivity index (χ1v) is 6.89. The van der Waals surface area contributed by atoms with E-state index in [2.05, 4.69) is 19.2 Å². The maximum Gasteiger partial charge on any atom is 0.305 e. The number of carboxylic acid groups (broad SMARTS) is 1. The Morgan fingerprint density at radius 3 is 2.56 bits per heavy atom. The fourth-order valence-electron chi connectivity index (χ4n) is 2.79. The van der Waals surface area contributed by atoms with Gasteiger partial charge in [-0.25, -0.2) is 0 Å². The molecule has 0 spiro atoms. The summed E-state index contributed by atoms with van der Waals surface area (Å²) in [4.78, 5) is 23.0. The van der Waals surface area contributed by atoms with E-state index >= 15 is 0 Å². The zero-order chi connectivity index (χ0) is 13.8. The average Bonchev–Trinajstić information content (AvgIpc) is 2.26. The third-order valence-electron chi connectivity index (χ3n) is 4.08. The summed E-state index contributed by atoms with van der Waals surface area (Å²) in [6.45, 7) is 6.17. The summed E-state index contributed by atoms with van der Waals surface area (Å²) in [5.41, 5.74) is 0.0316. The minimum absolute atomic E-state index is 0.00931. The summed E-state index contributed by atoms with van der Waals surface area (Å²) in [6, 6.07) is -0.243. The molecule has 0 aliphatic heterocycles. The van der Waals surface area contributed by atoms with Gasteiger partial charge in [0, 0.05) is 12.0 Å². The molecule has 1 aliphatic carbocycles. The van der Waals surface area contributed by atoms with Crippen LogP contribution in [0.3, 0.4) is 0 Å². The van der Waals surface area contributed by atoms with Crippen molar-refractivity contribution in [2.75, 3.05) is 0 Å². The molecule has 4 nitrogen and oxygen atoms in total. The van der Waals surface area contributed by atoms with Gasteiger partial charge in [0.15, 0.2) is 0 Å². The van der Waals surface area contributed by atoms with E-state index in [1.54, 1.807) is 0 Å². The molecule has 2 atom stereocenters. The molecule has 4 heteroatoms. The highest BCUT2D eigenvalue weighted by Gasteiger charge is 2.37. The van der Waals surface area contributed by atoms with Crippen molar-refractivity contribution in [2.24, 2.45) is 11.3 Å². The van der Waals surface area contributed by atoms with Crippen LogP contribution >= 0.6 is 0 Å². The van der Waals surface area contributed by atoms with Gasteiger partial charge in [0.05, 0.1) is 6.42 Å². The van der Waals surface area contributed by atoms with Gasteiger partial charge < -0.3 is 10.4 Å². The van der Waals surface area contributed by atoms with Gasteiger partial charge in [-0.3, -0.25) is 9.59 Å². The van der Waals surface area contributed by atoms with Gasteiger partial charge in [0.25, 0.3) is 0 Å². The molecule has 0 saturated heterocycles. The lowest BCUT2D eigenvalue weighted by Gasteiger charge is -2.38. The van der Waals surface area contributed by atoms with E-state index in [-0.39, 0.29) is 29.7 Å². The molecular weight excluding hydrogens is 230 g/mol. The number of rotatable bonds is 5. The molecule has 0 aromatic rings. The zero-order valence-electron chi connectivity index (χ0n) is 11.7. The Labute approximate surface area is 109 Å². The fraction of sp³-hybridized carbons (Fsp3) is 0.857. The van der Waals surface area contributed by atoms with E-state index < -0.39 is 5.97 Å². The van der Waals surface area contributed by atoms with Gasteiger partial charge in [-0.1, -0.05) is 33.6 Å². The standard InChI is InChI=1S/C14H25NO3/c1-4-10(9-12(16)17)15-13(18)11-7-5-6-8-14(11,2)3/h10-11H,4-9H2,1-3H3,(H,15,18)(H,16,17). The maximum absolute atomic E-state index is 12.3. The SMILES string of the molecule is CCC(CC(=O)O)NC(=O)C1CCCCC1(C)C. The highest BCUT2D eigenvalue weighted by molar-refractivity contribution is 5.80. The first-order chi connectivity index (χ1) is 8.36. The minimum atomic E-state index is -0.856. The van der Waals surface area contributed by atoms with Gasteiger partial charge in [-0.05, 0) is 24.7 Å². The molecule has 0 bridgehead atoms. The Balaban J connectivity index is 2.60. The van der Waals surface area contributed by atoms with Gasteiger partial charge >= 0.3 is 5.97 Å². The van der Waals surface area contributed by atoms with Crippen molar-refractivity contribution in [3.8, 4) is 0 Å². The number of aliphatic carboxylic acids is 1. The maximum atomic E-state index is 12.3. The van der Waals surface area contributed by atoms with Crippen molar-refractivity contribution in [1.29, 1.82) is 0 Å². The number of carboxylic acids is 1. The Bertz CT molecular complexity index is 312. The van der Waals surface area contributed by atoms with Crippen molar-refractivity contribution >= 4 is 11.9 Å². The Morgan fingerprint density at radius 2 is 2.06 bits per heavy atom. The van der Waals surface area contributed by atoms with Crippen LogP contribution in [0.15, 0.2) is 0 Å². The highest BCUT2D eigenvalue weighted by atomic mass is 16.4. The third kappa shape index (κ3) is 4.00. The van der Waals surface area contributed by atoms with E-state index in [1.165, 1.54) is 6.42 Å². The Morgan fingerprint density at radius 1 is 1.39 bits per heavy atom. The lowest BCUT2D eigenvalue weighted by atomic mass is 9.68. The first-order valence-electron chi connectivity index (χ1n) is 6.89. The number of hydrogen-bond acceptors (Lipinski definition) is 2. The normalized spacial score (nSPS) is 24.3. The zero-order valence-corrected chi connectivity index (χ0v) is 11.7. The summed E-state index contributed by atoms with van der Waals surface area (Å²) in [5.74, 6) is -0.799. The molecule has 18 heavy (non-hydrogen) atoms. The molecule has 2 unspecified atom stereocenters. The first kappa shape index (κ1) is 15.0. The molecule has 2 N–H and O–H groups in total. The van der Waals surface area contributed by atoms with Crippen LogP contribution in [0.5, 0.6) is 0 Å². The van der Waals surface area contributed by atoms with E-state index in [1.807, 2.05) is 6.92 Å². The van der Waals surface area contributed by atoms with Crippen LogP contribution in [0.25, 0.3) is 0 Å². The van der Waals surface area contributed by atoms with Crippen LogP contribution < -0.4 is 5.32 Å². The van der Waals surface area contributed by atoms with Crippen molar-refractivity contribution in [1.82, 2.24) is 5.32 Å². The molecule has 0 aromatic carbocycles. The highest BCUT2D eigenvalue weighted by Crippen LogP contribution is 2.40. The monoisotopic (exact) mass is 255 g/mol. The van der Waals surface area contributed by atoms with Crippen LogP contribution in [0.2, 0.25) is 0 Å². The summed E-state index contributed by atoms with van der Waals surface area (Å²) in [7, 11) is 0. The van der Waals surface area contributed by atoms with Crippen molar-refractivity contribution in [3.05, 3.63) is 0 Å². The second kappa shape index (κ2) is 6.21. The third-order valence-corrected chi connectivity index (χ3v) is 4.08. The minimum Gasteiger partial charge on any atom is -0.481 e. The molecule has 0 aromatic heterocycles. The van der Waals surface area contributed by atoms with Gasteiger partial charge in [0.2, 0.25) is 5.91 Å². The van der Waals surface area contributed by atoms with Crippen LogP contribution in [0.1, 0.15) is 59.3 Å². The molecule has 1 aliphatic rings. The van der Waals surface area contributed by atoms with Crippen LogP contribution in [0, 0.1) is 11.3 Å². The quantitative estimate of drug-likeness (QED) is 0.793. The van der Waals surface area contributed by atoms with Crippen LogP contribution in [-0.2, 0) is 9.59 Å². The van der Waals surface area contributed by atoms with Gasteiger partial charge in [-0.15, -0.1) is 0 Å². The number of nitrogens with one attached hydrogen (secondary N) is 1. The van der Waals surface area contributed by atoms with Crippen LogP contribution in [-0.4, -0.2) is 23.0 Å². The molecule has 1 amide bonds. The molecule has 1 fully saturated rings. The van der Waals surface area contributed by atoms with E-state index in [0.29, 0.717) is 6.42 Å². The Hall–Kier alpha value is -1.06. The fourth-order valence-corrected chi connectivity index (χ4v) is 2.79. The predicted octanol–water partition coefficient (Wildman–Crippen LogP) is 2.57. The van der Waals surface area contributed by atoms with Crippen molar-refractivity contribution in [3.63, 3.8) is 0 Å². The Kier molecular flexibility index (Phi) is 5.17. The summed E-state index contributed by atoms with van der Waals surface area (Å²) < 4.78 is 0. The molecule has 104 valence electrons. The summed E-state index contributed by atoms with van der Waals surface area (Å²) in [5, 5.41) is 11.7. The van der Waals surface area contributed by atoms with Crippen molar-refractivity contribution in [2.45, 2.75) is 65.3 Å². The molecule has 0 heterocycles. The summed E-state index contributed by atoms with van der Waals surface area (Å²) >= 11 is 0. The number of carbonyl (C=O) groups is 2. The number of carbonyl (C=O) groups excluding carboxylic acids is 1. The lowest BCUT2D eigenvalue weighted by molar-refractivity contribution is -0.138. The largest absolute Gasteiger partial charge is 0.481 e. The second-order valence-corrected chi connectivity index (χ2v) is 6.00. The molecule has 0 radical (unpaired) electrons. The topological polar surface area (TPSA) is 66.4 Å². The number of amides is 1. The van der Waals surface area contributed by atoms with Crippen molar-refractivity contribution < 1.29 is 14.7 Å².